The third-order valence-electron chi connectivity index (χ3n) is 2.69. The van der Waals surface area contributed by atoms with Crippen molar-refractivity contribution in [3.8, 4) is 0 Å². The summed E-state index contributed by atoms with van der Waals surface area (Å²) in [5.74, 6) is -2.63. The Kier molecular flexibility index (Phi) is 12.9. The average Bonchev–Trinajstić information content (AvgIpc) is 2.17. The summed E-state index contributed by atoms with van der Waals surface area (Å²) < 4.78 is 0. The summed E-state index contributed by atoms with van der Waals surface area (Å²) >= 11 is 0. The number of rotatable bonds is 6. The maximum atomic E-state index is 11.0. The summed E-state index contributed by atoms with van der Waals surface area (Å²) in [7, 11) is 0. The molecule has 0 aromatic carbocycles. The van der Waals surface area contributed by atoms with Gasteiger partial charge in [-0.2, -0.15) is 0 Å². The molecule has 110 valence electrons. The SMILES string of the molecule is CC(=O)CC(=O)O.CCC(CC)(C(C)=O)C(=O)O.[AlH3]. The summed E-state index contributed by atoms with van der Waals surface area (Å²) in [5.41, 5.74) is -1.14. The molecule has 0 saturated carbocycles. The molecule has 0 fully saturated rings. The highest BCUT2D eigenvalue weighted by Gasteiger charge is 2.39. The summed E-state index contributed by atoms with van der Waals surface area (Å²) in [5, 5.41) is 16.6. The van der Waals surface area contributed by atoms with Crippen molar-refractivity contribution in [1.82, 2.24) is 0 Å². The van der Waals surface area contributed by atoms with E-state index in [1.165, 1.54) is 13.8 Å². The van der Waals surface area contributed by atoms with Crippen molar-refractivity contribution in [2.75, 3.05) is 0 Å². The Morgan fingerprint density at radius 2 is 1.32 bits per heavy atom. The van der Waals surface area contributed by atoms with Crippen LogP contribution in [0, 0.1) is 5.41 Å². The van der Waals surface area contributed by atoms with Crippen LogP contribution in [-0.2, 0) is 19.2 Å². The summed E-state index contributed by atoms with van der Waals surface area (Å²) in [6, 6.07) is 0. The third-order valence-corrected chi connectivity index (χ3v) is 2.69. The molecule has 0 amide bonds. The van der Waals surface area contributed by atoms with E-state index in [0.717, 1.165) is 0 Å². The highest BCUT2D eigenvalue weighted by atomic mass is 27.0. The standard InChI is InChI=1S/C8H14O3.C4H6O3.Al.3H/c1-4-8(5-2,6(3)9)7(10)11;1-3(5)2-4(6)7;;;;/h4-5H2,1-3H3,(H,10,11);2H2,1H3,(H,6,7);;;;. The Labute approximate surface area is 123 Å². The molecule has 0 radical (unpaired) electrons. The summed E-state index contributed by atoms with van der Waals surface area (Å²) in [6.07, 6.45) is 0.377. The topological polar surface area (TPSA) is 109 Å². The number of carboxylic acid groups (broad SMARTS) is 2. The van der Waals surface area contributed by atoms with E-state index < -0.39 is 17.4 Å². The molecule has 0 aliphatic rings. The summed E-state index contributed by atoms with van der Waals surface area (Å²) in [6.45, 7) is 6.02. The van der Waals surface area contributed by atoms with Gasteiger partial charge in [-0.15, -0.1) is 0 Å². The Balaban J connectivity index is -0.000000280. The Hall–Kier alpha value is -1.19. The highest BCUT2D eigenvalue weighted by molar-refractivity contribution is 6.01. The molecular formula is C12H23AlO6. The van der Waals surface area contributed by atoms with Gasteiger partial charge in [0.1, 0.15) is 23.4 Å². The van der Waals surface area contributed by atoms with Crippen molar-refractivity contribution in [3.05, 3.63) is 0 Å². The molecule has 0 aromatic rings. The Morgan fingerprint density at radius 1 is 0.947 bits per heavy atom. The number of carboxylic acids is 2. The molecule has 0 aromatic heterocycles. The van der Waals surface area contributed by atoms with E-state index >= 15 is 0 Å². The predicted octanol–water partition coefficient (Wildman–Crippen LogP) is 0.333. The molecule has 19 heavy (non-hydrogen) atoms. The van der Waals surface area contributed by atoms with Crippen molar-refractivity contribution in [2.24, 2.45) is 5.41 Å². The van der Waals surface area contributed by atoms with Crippen LogP contribution >= 0.6 is 0 Å². The second-order valence-electron chi connectivity index (χ2n) is 3.92. The molecular weight excluding hydrogens is 267 g/mol. The fourth-order valence-corrected chi connectivity index (χ4v) is 1.41. The average molecular weight is 290 g/mol. The first-order valence-corrected chi connectivity index (χ1v) is 5.59. The maximum Gasteiger partial charge on any atom is 0.317 e. The monoisotopic (exact) mass is 290 g/mol. The molecule has 0 spiro atoms. The lowest BCUT2D eigenvalue weighted by Crippen LogP contribution is -2.36. The first-order chi connectivity index (χ1) is 8.13. The number of ketones is 2. The van der Waals surface area contributed by atoms with Gasteiger partial charge in [0.25, 0.3) is 0 Å². The van der Waals surface area contributed by atoms with Crippen LogP contribution in [0.15, 0.2) is 0 Å². The van der Waals surface area contributed by atoms with E-state index in [1.807, 2.05) is 0 Å². The fourth-order valence-electron chi connectivity index (χ4n) is 1.41. The van der Waals surface area contributed by atoms with Crippen molar-refractivity contribution < 1.29 is 29.4 Å². The fraction of sp³-hybridized carbons (Fsp3) is 0.667. The van der Waals surface area contributed by atoms with E-state index in [4.69, 9.17) is 10.2 Å². The number of hydrogen-bond acceptors (Lipinski definition) is 4. The van der Waals surface area contributed by atoms with Crippen molar-refractivity contribution in [3.63, 3.8) is 0 Å². The maximum absolute atomic E-state index is 11.0. The van der Waals surface area contributed by atoms with Gasteiger partial charge in [-0.3, -0.25) is 19.2 Å². The molecule has 6 nitrogen and oxygen atoms in total. The molecule has 0 unspecified atom stereocenters. The van der Waals surface area contributed by atoms with Gasteiger partial charge in [0.05, 0.1) is 0 Å². The van der Waals surface area contributed by atoms with Crippen LogP contribution in [0.1, 0.15) is 47.0 Å². The number of hydrogen-bond donors (Lipinski definition) is 2. The lowest BCUT2D eigenvalue weighted by Gasteiger charge is -2.22. The lowest BCUT2D eigenvalue weighted by atomic mass is 9.79. The zero-order valence-corrected chi connectivity index (χ0v) is 11.1. The molecule has 0 saturated heterocycles. The van der Waals surface area contributed by atoms with E-state index in [1.54, 1.807) is 13.8 Å². The molecule has 0 aliphatic carbocycles. The normalized spacial score (nSPS) is 9.47. The quantitative estimate of drug-likeness (QED) is 0.539. The van der Waals surface area contributed by atoms with Crippen LogP contribution in [0.3, 0.4) is 0 Å². The molecule has 0 heterocycles. The minimum absolute atomic E-state index is 0. The van der Waals surface area contributed by atoms with E-state index in [2.05, 4.69) is 0 Å². The van der Waals surface area contributed by atoms with Gasteiger partial charge in [-0.05, 0) is 26.7 Å². The van der Waals surface area contributed by atoms with E-state index in [0.29, 0.717) is 12.8 Å². The van der Waals surface area contributed by atoms with Gasteiger partial charge in [0.2, 0.25) is 0 Å². The second-order valence-corrected chi connectivity index (χ2v) is 3.92. The lowest BCUT2D eigenvalue weighted by molar-refractivity contribution is -0.155. The van der Waals surface area contributed by atoms with Gasteiger partial charge in [-0.25, -0.2) is 0 Å². The van der Waals surface area contributed by atoms with Gasteiger partial charge in [0, 0.05) is 0 Å². The van der Waals surface area contributed by atoms with Crippen LogP contribution in [-0.4, -0.2) is 51.1 Å². The third kappa shape index (κ3) is 8.52. The van der Waals surface area contributed by atoms with E-state index in [9.17, 15) is 19.2 Å². The van der Waals surface area contributed by atoms with Crippen LogP contribution in [0.5, 0.6) is 0 Å². The number of Topliss-reactive ketones (excluding diaryl/α,β-unsaturated/α-hetero) is 2. The predicted molar refractivity (Wildman–Crippen MR) is 74.2 cm³/mol. The minimum atomic E-state index is -1.14. The Morgan fingerprint density at radius 3 is 1.32 bits per heavy atom. The van der Waals surface area contributed by atoms with Gasteiger partial charge < -0.3 is 10.2 Å². The Bertz CT molecular complexity index is 305. The van der Waals surface area contributed by atoms with Crippen molar-refractivity contribution in [1.29, 1.82) is 0 Å². The minimum Gasteiger partial charge on any atom is -0.481 e. The number of aliphatic carboxylic acids is 2. The molecule has 0 bridgehead atoms. The van der Waals surface area contributed by atoms with Crippen molar-refractivity contribution >= 4 is 40.9 Å². The van der Waals surface area contributed by atoms with Crippen LogP contribution in [0.2, 0.25) is 0 Å². The van der Waals surface area contributed by atoms with Gasteiger partial charge in [0.15, 0.2) is 17.4 Å². The number of carbonyl (C=O) groups excluding carboxylic acids is 2. The molecule has 2 N–H and O–H groups in total. The second kappa shape index (κ2) is 10.7. The van der Waals surface area contributed by atoms with Crippen LogP contribution < -0.4 is 0 Å². The molecule has 0 rings (SSSR count). The van der Waals surface area contributed by atoms with Crippen molar-refractivity contribution in [2.45, 2.75) is 47.0 Å². The van der Waals surface area contributed by atoms with Crippen LogP contribution in [0.4, 0.5) is 0 Å². The van der Waals surface area contributed by atoms with Gasteiger partial charge >= 0.3 is 11.9 Å². The zero-order chi connectivity index (χ0) is 14.9. The van der Waals surface area contributed by atoms with E-state index in [-0.39, 0.29) is 35.3 Å². The molecule has 0 aliphatic heterocycles. The smallest absolute Gasteiger partial charge is 0.317 e. The molecule has 7 heteroatoms. The summed E-state index contributed by atoms with van der Waals surface area (Å²) in [4.78, 5) is 41.2. The highest BCUT2D eigenvalue weighted by Crippen LogP contribution is 2.27. The first-order valence-electron chi connectivity index (χ1n) is 5.59. The van der Waals surface area contributed by atoms with Crippen LogP contribution in [0.25, 0.3) is 0 Å². The number of carbonyl (C=O) groups is 4. The first kappa shape index (κ1) is 22.9. The largest absolute Gasteiger partial charge is 0.481 e. The molecule has 0 atom stereocenters. The van der Waals surface area contributed by atoms with Gasteiger partial charge in [-0.1, -0.05) is 13.8 Å². The zero-order valence-electron chi connectivity index (χ0n) is 11.1.